The molecule has 1 saturated carbocycles. The molecule has 3 fully saturated rings. The molecule has 2 aliphatic heterocycles. The fraction of sp³-hybridized carbons (Fsp3) is 0.361. The van der Waals surface area contributed by atoms with E-state index in [-0.39, 0.29) is 24.0 Å². The van der Waals surface area contributed by atoms with E-state index < -0.39 is 46.8 Å². The molecular weight excluding hydrogens is 652 g/mol. The van der Waals surface area contributed by atoms with Gasteiger partial charge in [0.25, 0.3) is 0 Å². The molecule has 4 amide bonds. The Morgan fingerprint density at radius 3 is 2.54 bits per heavy atom. The molecule has 12 heteroatoms. The summed E-state index contributed by atoms with van der Waals surface area (Å²) in [6, 6.07) is 12.4. The Balaban J connectivity index is 1.27. The van der Waals surface area contributed by atoms with Crippen LogP contribution < -0.4 is 9.64 Å². The van der Waals surface area contributed by atoms with E-state index in [9.17, 15) is 24.3 Å². The van der Waals surface area contributed by atoms with Gasteiger partial charge in [-0.1, -0.05) is 23.3 Å². The summed E-state index contributed by atoms with van der Waals surface area (Å²) in [5, 5.41) is 17.7. The molecule has 6 unspecified atom stereocenters. The van der Waals surface area contributed by atoms with Gasteiger partial charge in [0.2, 0.25) is 23.6 Å². The highest BCUT2D eigenvalue weighted by Gasteiger charge is 2.68. The van der Waals surface area contributed by atoms with Crippen LogP contribution in [-0.2, 0) is 26.2 Å². The van der Waals surface area contributed by atoms with Crippen molar-refractivity contribution in [2.45, 2.75) is 32.6 Å². The van der Waals surface area contributed by atoms with Gasteiger partial charge in [-0.05, 0) is 80.0 Å². The summed E-state index contributed by atoms with van der Waals surface area (Å²) in [4.78, 5) is 59.5. The number of nitrogens with zero attached hydrogens (tertiary/aromatic N) is 4. The van der Waals surface area contributed by atoms with Gasteiger partial charge in [-0.15, -0.1) is 11.3 Å². The van der Waals surface area contributed by atoms with Crippen LogP contribution in [0.25, 0.3) is 20.7 Å². The van der Waals surface area contributed by atoms with E-state index in [0.29, 0.717) is 34.3 Å². The van der Waals surface area contributed by atoms with Crippen LogP contribution in [0.4, 0.5) is 5.82 Å². The van der Waals surface area contributed by atoms with Crippen molar-refractivity contribution in [1.29, 1.82) is 0 Å². The van der Waals surface area contributed by atoms with Crippen LogP contribution in [0.3, 0.4) is 0 Å². The van der Waals surface area contributed by atoms with E-state index in [4.69, 9.17) is 21.4 Å². The molecule has 0 radical (unpaired) electrons. The highest BCUT2D eigenvalue weighted by Crippen LogP contribution is 2.64. The number of phenols is 1. The van der Waals surface area contributed by atoms with E-state index in [1.807, 2.05) is 31.2 Å². The Morgan fingerprint density at radius 2 is 1.79 bits per heavy atom. The van der Waals surface area contributed by atoms with Gasteiger partial charge in [0.1, 0.15) is 23.0 Å². The van der Waals surface area contributed by atoms with E-state index in [1.165, 1.54) is 30.0 Å². The van der Waals surface area contributed by atoms with Crippen LogP contribution in [0.2, 0.25) is 5.02 Å². The largest absolute Gasteiger partial charge is 0.508 e. The van der Waals surface area contributed by atoms with Gasteiger partial charge in [0.15, 0.2) is 0 Å². The predicted molar refractivity (Wildman–Crippen MR) is 181 cm³/mol. The number of rotatable bonds is 4. The normalized spacial score (nSPS) is 28.2. The monoisotopic (exact) mass is 684 g/mol. The molecule has 0 bridgehead atoms. The number of hydrogen-bond acceptors (Lipinski definition) is 8. The van der Waals surface area contributed by atoms with Crippen LogP contribution in [0.15, 0.2) is 54.1 Å². The number of hydrogen-bond donors (Lipinski definition) is 1. The number of benzene rings is 2. The van der Waals surface area contributed by atoms with Crippen molar-refractivity contribution in [3.05, 3.63) is 70.3 Å². The zero-order chi connectivity index (χ0) is 34.0. The molecule has 2 aliphatic carbocycles. The lowest BCUT2D eigenvalue weighted by Gasteiger charge is -2.49. The van der Waals surface area contributed by atoms with Crippen LogP contribution in [-0.4, -0.2) is 57.6 Å². The average Bonchev–Trinajstić information content (AvgIpc) is 3.72. The van der Waals surface area contributed by atoms with Gasteiger partial charge in [-0.3, -0.25) is 28.8 Å². The fourth-order valence-corrected chi connectivity index (χ4v) is 10.2. The van der Waals surface area contributed by atoms with Crippen LogP contribution in [0, 0.1) is 36.0 Å². The van der Waals surface area contributed by atoms with E-state index in [2.05, 4.69) is 0 Å². The molecule has 0 spiro atoms. The first-order valence-corrected chi connectivity index (χ1v) is 17.1. The molecule has 2 aromatic heterocycles. The number of allylic oxidation sites excluding steroid dienone is 2. The second-order valence-electron chi connectivity index (χ2n) is 13.5. The highest BCUT2D eigenvalue weighted by atomic mass is 35.5. The summed E-state index contributed by atoms with van der Waals surface area (Å²) in [5.74, 6) is -3.76. The van der Waals surface area contributed by atoms with Gasteiger partial charge < -0.3 is 9.84 Å². The van der Waals surface area contributed by atoms with Crippen molar-refractivity contribution in [2.75, 3.05) is 19.1 Å². The number of amides is 4. The highest BCUT2D eigenvalue weighted by molar-refractivity contribution is 7.22. The average molecular weight is 685 g/mol. The first-order chi connectivity index (χ1) is 22.9. The van der Waals surface area contributed by atoms with Gasteiger partial charge in [0.05, 0.1) is 35.2 Å². The molecule has 4 aliphatic rings. The SMILES string of the molecule is COc1ccc(O)c(C2C3=CCC4C(=O)N(C)C(=O)C4C3CC3C(=O)N(c4cc(-c5sc6ccc(Cl)cc6c5C)nn4C)C(=O)C32C)c1. The fourth-order valence-electron chi connectivity index (χ4n) is 8.84. The number of ether oxygens (including phenoxy) is 1. The third-order valence-corrected chi connectivity index (χ3v) is 12.8. The van der Waals surface area contributed by atoms with Crippen molar-refractivity contribution >= 4 is 62.5 Å². The zero-order valence-electron chi connectivity index (χ0n) is 27.0. The second kappa shape index (κ2) is 10.5. The number of thiophene rings is 1. The second-order valence-corrected chi connectivity index (χ2v) is 15.0. The Hall–Kier alpha value is -4.48. The maximum atomic E-state index is 14.9. The molecule has 6 atom stereocenters. The Kier molecular flexibility index (Phi) is 6.75. The molecule has 2 aromatic carbocycles. The standard InChI is InChI=1S/C36H33ClN4O6S/c1-16-21-12-17(37)6-11-27(21)48-31(16)25-15-28(40(4)38-25)41-33(44)24-14-22-19(8-9-20-29(22)34(45)39(3)32(20)43)30(36(24,2)35(41)46)23-13-18(47-5)7-10-26(23)42/h6-8,10-13,15,20,22,24,29-30,42H,9,14H2,1-5H3. The number of carbonyl (C=O) groups excluding carboxylic acids is 4. The quantitative estimate of drug-likeness (QED) is 0.212. The van der Waals surface area contributed by atoms with Crippen LogP contribution >= 0.6 is 22.9 Å². The summed E-state index contributed by atoms with van der Waals surface area (Å²) in [5.41, 5.74) is 1.55. The first kappa shape index (κ1) is 30.8. The summed E-state index contributed by atoms with van der Waals surface area (Å²) in [6.07, 6.45) is 2.52. The number of aryl methyl sites for hydroxylation is 2. The summed E-state index contributed by atoms with van der Waals surface area (Å²) in [7, 11) is 4.73. The maximum absolute atomic E-state index is 14.9. The van der Waals surface area contributed by atoms with E-state index in [0.717, 1.165) is 26.1 Å². The minimum Gasteiger partial charge on any atom is -0.508 e. The number of phenolic OH excluding ortho intramolecular Hbond substituents is 1. The van der Waals surface area contributed by atoms with Gasteiger partial charge in [0, 0.05) is 41.4 Å². The number of carbonyl (C=O) groups is 4. The smallest absolute Gasteiger partial charge is 0.242 e. The lowest BCUT2D eigenvalue weighted by atomic mass is 9.51. The third-order valence-electron chi connectivity index (χ3n) is 11.3. The molecule has 2 saturated heterocycles. The first-order valence-electron chi connectivity index (χ1n) is 15.9. The molecule has 8 rings (SSSR count). The van der Waals surface area contributed by atoms with Crippen molar-refractivity contribution in [1.82, 2.24) is 14.7 Å². The Bertz CT molecular complexity index is 2150. The summed E-state index contributed by atoms with van der Waals surface area (Å²) < 4.78 is 8.12. The minimum absolute atomic E-state index is 0.0442. The van der Waals surface area contributed by atoms with Crippen molar-refractivity contribution in [2.24, 2.45) is 36.1 Å². The molecule has 246 valence electrons. The van der Waals surface area contributed by atoms with E-state index in [1.54, 1.807) is 48.2 Å². The van der Waals surface area contributed by atoms with Gasteiger partial charge >= 0.3 is 0 Å². The Morgan fingerprint density at radius 1 is 1.02 bits per heavy atom. The number of aromatic nitrogens is 2. The molecule has 10 nitrogen and oxygen atoms in total. The van der Waals surface area contributed by atoms with Gasteiger partial charge in [-0.25, -0.2) is 4.90 Å². The number of aromatic hydroxyl groups is 1. The minimum atomic E-state index is -1.32. The molecule has 48 heavy (non-hydrogen) atoms. The number of likely N-dealkylation sites (tertiary alicyclic amines) is 1. The molecular formula is C36H33ClN4O6S. The van der Waals surface area contributed by atoms with Crippen molar-refractivity contribution < 1.29 is 29.0 Å². The van der Waals surface area contributed by atoms with Crippen molar-refractivity contribution in [3.63, 3.8) is 0 Å². The van der Waals surface area contributed by atoms with Crippen molar-refractivity contribution in [3.8, 4) is 22.1 Å². The van der Waals surface area contributed by atoms with Gasteiger partial charge in [-0.2, -0.15) is 5.10 Å². The van der Waals surface area contributed by atoms with Crippen LogP contribution in [0.5, 0.6) is 11.5 Å². The number of fused-ring (bicyclic) bond motifs is 5. The third kappa shape index (κ3) is 4.00. The molecule has 4 aromatic rings. The lowest BCUT2D eigenvalue weighted by Crippen LogP contribution is -2.48. The maximum Gasteiger partial charge on any atom is 0.242 e. The Labute approximate surface area is 285 Å². The van der Waals surface area contributed by atoms with Crippen LogP contribution in [0.1, 0.15) is 36.8 Å². The number of halogens is 1. The lowest BCUT2D eigenvalue weighted by molar-refractivity contribution is -0.138. The molecule has 4 heterocycles. The molecule has 1 N–H and O–H groups in total. The number of methoxy groups -OCH3 is 1. The summed E-state index contributed by atoms with van der Waals surface area (Å²) in [6.45, 7) is 3.79. The zero-order valence-corrected chi connectivity index (χ0v) is 28.6. The summed E-state index contributed by atoms with van der Waals surface area (Å²) >= 11 is 7.85. The van der Waals surface area contributed by atoms with E-state index >= 15 is 0 Å². The predicted octanol–water partition coefficient (Wildman–Crippen LogP) is 5.84. The topological polar surface area (TPSA) is 122 Å². The number of imide groups is 2. The number of anilines is 1.